The molecule has 1 aromatic rings. The molecule has 0 aromatic heterocycles. The minimum absolute atomic E-state index is 0.164. The molecular weight excluding hydrogens is 276 g/mol. The molecule has 2 aliphatic rings. The molecule has 4 nitrogen and oxygen atoms in total. The lowest BCUT2D eigenvalue weighted by molar-refractivity contribution is -0.137. The molecule has 1 aromatic carbocycles. The van der Waals surface area contributed by atoms with Crippen molar-refractivity contribution < 1.29 is 9.59 Å². The van der Waals surface area contributed by atoms with Crippen LogP contribution in [0.25, 0.3) is 0 Å². The van der Waals surface area contributed by atoms with E-state index in [9.17, 15) is 9.59 Å². The van der Waals surface area contributed by atoms with Crippen LogP contribution in [-0.2, 0) is 15.0 Å². The Morgan fingerprint density at radius 1 is 1.18 bits per heavy atom. The van der Waals surface area contributed by atoms with E-state index >= 15 is 0 Å². The first kappa shape index (κ1) is 15.2. The standard InChI is InChI=1S/C18H24N2O2/c1-12-11-14(8-10-19-12)13-3-5-15(6-4-13)18(2)9-7-16(21)20-17(18)22/h3-6,12,14,19H,7-11H2,1-2H3,(H,20,21,22)/t12-,14+,18+/m0/s1. The molecule has 3 atom stereocenters. The number of hydrogen-bond acceptors (Lipinski definition) is 3. The Hall–Kier alpha value is -1.68. The van der Waals surface area contributed by atoms with Gasteiger partial charge in [0.1, 0.15) is 0 Å². The average molecular weight is 300 g/mol. The fourth-order valence-corrected chi connectivity index (χ4v) is 3.64. The number of amides is 2. The lowest BCUT2D eigenvalue weighted by atomic mass is 9.75. The number of benzene rings is 1. The maximum atomic E-state index is 12.2. The molecule has 2 N–H and O–H groups in total. The molecule has 2 heterocycles. The third-order valence-electron chi connectivity index (χ3n) is 5.25. The monoisotopic (exact) mass is 300 g/mol. The molecule has 2 aliphatic heterocycles. The summed E-state index contributed by atoms with van der Waals surface area (Å²) in [7, 11) is 0. The highest BCUT2D eigenvalue weighted by Gasteiger charge is 2.39. The van der Waals surface area contributed by atoms with E-state index < -0.39 is 5.41 Å². The van der Waals surface area contributed by atoms with Gasteiger partial charge in [0.25, 0.3) is 0 Å². The van der Waals surface area contributed by atoms with E-state index in [2.05, 4.69) is 41.8 Å². The van der Waals surface area contributed by atoms with Gasteiger partial charge in [-0.3, -0.25) is 14.9 Å². The molecule has 0 aliphatic carbocycles. The van der Waals surface area contributed by atoms with Crippen LogP contribution in [0.1, 0.15) is 56.6 Å². The molecule has 0 saturated carbocycles. The highest BCUT2D eigenvalue weighted by atomic mass is 16.2. The van der Waals surface area contributed by atoms with E-state index in [-0.39, 0.29) is 11.8 Å². The minimum atomic E-state index is -0.589. The van der Waals surface area contributed by atoms with E-state index in [4.69, 9.17) is 0 Å². The van der Waals surface area contributed by atoms with Gasteiger partial charge in [0.15, 0.2) is 0 Å². The Balaban J connectivity index is 1.79. The van der Waals surface area contributed by atoms with Crippen LogP contribution >= 0.6 is 0 Å². The van der Waals surface area contributed by atoms with Crippen molar-refractivity contribution >= 4 is 11.8 Å². The molecule has 0 unspecified atom stereocenters. The summed E-state index contributed by atoms with van der Waals surface area (Å²) >= 11 is 0. The molecule has 22 heavy (non-hydrogen) atoms. The number of imide groups is 1. The summed E-state index contributed by atoms with van der Waals surface area (Å²) in [6.07, 6.45) is 3.32. The second kappa shape index (κ2) is 5.84. The van der Waals surface area contributed by atoms with Crippen LogP contribution in [-0.4, -0.2) is 24.4 Å². The summed E-state index contributed by atoms with van der Waals surface area (Å²) in [6, 6.07) is 9.01. The maximum absolute atomic E-state index is 12.2. The Kier molecular flexibility index (Phi) is 4.04. The van der Waals surface area contributed by atoms with Crippen molar-refractivity contribution in [2.45, 2.75) is 56.9 Å². The second-order valence-electron chi connectivity index (χ2n) is 6.91. The molecular formula is C18H24N2O2. The molecule has 0 bridgehead atoms. The Morgan fingerprint density at radius 2 is 1.91 bits per heavy atom. The van der Waals surface area contributed by atoms with Gasteiger partial charge in [0.2, 0.25) is 11.8 Å². The summed E-state index contributed by atoms with van der Waals surface area (Å²) in [6.45, 7) is 5.22. The Bertz CT molecular complexity index is 581. The van der Waals surface area contributed by atoms with Gasteiger partial charge in [0.05, 0.1) is 5.41 Å². The van der Waals surface area contributed by atoms with Crippen LogP contribution in [0.2, 0.25) is 0 Å². The zero-order valence-electron chi connectivity index (χ0n) is 13.3. The third kappa shape index (κ3) is 2.80. The fourth-order valence-electron chi connectivity index (χ4n) is 3.64. The molecule has 2 saturated heterocycles. The molecule has 3 rings (SSSR count). The fraction of sp³-hybridized carbons (Fsp3) is 0.556. The van der Waals surface area contributed by atoms with Gasteiger partial charge in [-0.05, 0) is 56.7 Å². The zero-order valence-corrected chi connectivity index (χ0v) is 13.3. The van der Waals surface area contributed by atoms with Crippen molar-refractivity contribution in [1.82, 2.24) is 10.6 Å². The molecule has 4 heteroatoms. The van der Waals surface area contributed by atoms with E-state index in [1.165, 1.54) is 5.56 Å². The quantitative estimate of drug-likeness (QED) is 0.824. The number of piperidine rings is 2. The summed E-state index contributed by atoms with van der Waals surface area (Å²) in [5.41, 5.74) is 1.77. The lowest BCUT2D eigenvalue weighted by Crippen LogP contribution is -2.49. The first-order valence-electron chi connectivity index (χ1n) is 8.17. The first-order valence-corrected chi connectivity index (χ1v) is 8.17. The Labute approximate surface area is 131 Å². The van der Waals surface area contributed by atoms with Gasteiger partial charge in [0, 0.05) is 12.5 Å². The topological polar surface area (TPSA) is 58.2 Å². The van der Waals surface area contributed by atoms with E-state index in [0.29, 0.717) is 24.8 Å². The Morgan fingerprint density at radius 3 is 2.55 bits per heavy atom. The smallest absolute Gasteiger partial charge is 0.236 e. The maximum Gasteiger partial charge on any atom is 0.236 e. The van der Waals surface area contributed by atoms with Crippen molar-refractivity contribution in [2.75, 3.05) is 6.54 Å². The molecule has 0 radical (unpaired) electrons. The van der Waals surface area contributed by atoms with Crippen molar-refractivity contribution in [2.24, 2.45) is 0 Å². The van der Waals surface area contributed by atoms with Crippen LogP contribution in [0.15, 0.2) is 24.3 Å². The minimum Gasteiger partial charge on any atom is -0.314 e. The van der Waals surface area contributed by atoms with Crippen LogP contribution in [0, 0.1) is 0 Å². The van der Waals surface area contributed by atoms with E-state index in [1.807, 2.05) is 6.92 Å². The number of carbonyl (C=O) groups is 2. The zero-order chi connectivity index (χ0) is 15.7. The van der Waals surface area contributed by atoms with Gasteiger partial charge in [-0.15, -0.1) is 0 Å². The van der Waals surface area contributed by atoms with Crippen molar-refractivity contribution in [3.8, 4) is 0 Å². The normalized spacial score (nSPS) is 32.6. The van der Waals surface area contributed by atoms with Crippen molar-refractivity contribution in [1.29, 1.82) is 0 Å². The summed E-state index contributed by atoms with van der Waals surface area (Å²) in [5.74, 6) is 0.259. The summed E-state index contributed by atoms with van der Waals surface area (Å²) < 4.78 is 0. The lowest BCUT2D eigenvalue weighted by Gasteiger charge is -2.33. The van der Waals surface area contributed by atoms with Gasteiger partial charge < -0.3 is 5.32 Å². The number of hydrogen-bond donors (Lipinski definition) is 2. The molecule has 2 fully saturated rings. The summed E-state index contributed by atoms with van der Waals surface area (Å²) in [5, 5.41) is 5.94. The highest BCUT2D eigenvalue weighted by Crippen LogP contribution is 2.34. The van der Waals surface area contributed by atoms with Gasteiger partial charge in [-0.1, -0.05) is 24.3 Å². The number of carbonyl (C=O) groups excluding carboxylic acids is 2. The number of rotatable bonds is 2. The number of nitrogens with one attached hydrogen (secondary N) is 2. The molecule has 2 amide bonds. The summed E-state index contributed by atoms with van der Waals surface area (Å²) in [4.78, 5) is 23.6. The highest BCUT2D eigenvalue weighted by molar-refractivity contribution is 6.03. The largest absolute Gasteiger partial charge is 0.314 e. The molecule has 0 spiro atoms. The second-order valence-corrected chi connectivity index (χ2v) is 6.91. The third-order valence-corrected chi connectivity index (χ3v) is 5.25. The first-order chi connectivity index (χ1) is 10.5. The van der Waals surface area contributed by atoms with Crippen LogP contribution in [0.3, 0.4) is 0 Å². The van der Waals surface area contributed by atoms with Crippen LogP contribution in [0.4, 0.5) is 0 Å². The van der Waals surface area contributed by atoms with Crippen molar-refractivity contribution in [3.63, 3.8) is 0 Å². The van der Waals surface area contributed by atoms with Crippen LogP contribution in [0.5, 0.6) is 0 Å². The van der Waals surface area contributed by atoms with Gasteiger partial charge in [-0.2, -0.15) is 0 Å². The predicted molar refractivity (Wildman–Crippen MR) is 85.6 cm³/mol. The molecule has 118 valence electrons. The van der Waals surface area contributed by atoms with Crippen LogP contribution < -0.4 is 10.6 Å². The predicted octanol–water partition coefficient (Wildman–Crippen LogP) is 2.24. The SMILES string of the molecule is C[C@H]1C[C@H](c2ccc([C@@]3(C)CCC(=O)NC3=O)cc2)CCN1. The van der Waals surface area contributed by atoms with Crippen molar-refractivity contribution in [3.05, 3.63) is 35.4 Å². The van der Waals surface area contributed by atoms with Gasteiger partial charge in [-0.25, -0.2) is 0 Å². The average Bonchev–Trinajstić information content (AvgIpc) is 2.52. The van der Waals surface area contributed by atoms with E-state index in [0.717, 1.165) is 24.9 Å². The van der Waals surface area contributed by atoms with Gasteiger partial charge >= 0.3 is 0 Å². The van der Waals surface area contributed by atoms with E-state index in [1.54, 1.807) is 0 Å².